The number of benzene rings is 2. The van der Waals surface area contributed by atoms with Crippen LogP contribution in [0, 0.1) is 0 Å². The van der Waals surface area contributed by atoms with Crippen LogP contribution in [0.1, 0.15) is 41.6 Å². The van der Waals surface area contributed by atoms with Gasteiger partial charge in [0.25, 0.3) is 5.91 Å². The van der Waals surface area contributed by atoms with Gasteiger partial charge in [-0.25, -0.2) is 0 Å². The van der Waals surface area contributed by atoms with E-state index in [1.54, 1.807) is 12.0 Å². The summed E-state index contributed by atoms with van der Waals surface area (Å²) in [7, 11) is 1.64. The molecule has 1 amide bonds. The Morgan fingerprint density at radius 1 is 1.04 bits per heavy atom. The molecular weight excluding hydrogens is 324 g/mol. The van der Waals surface area contributed by atoms with E-state index in [1.165, 1.54) is 18.4 Å². The van der Waals surface area contributed by atoms with Gasteiger partial charge in [-0.05, 0) is 24.3 Å². The standard InChI is InChI=1S/C22H26N2O2/c1-26-21-11-7-17(8-12-21)22(25)23-18-13-19-9-10-20(14-18)24(19)15-16-5-3-2-4-6-16/h2-8,11-12,18-20H,9-10,13-15H2,1H3,(H,23,25)/p+1/t19-,20-/m1/s1. The van der Waals surface area contributed by atoms with Crippen LogP contribution in [0.25, 0.3) is 0 Å². The van der Waals surface area contributed by atoms with E-state index in [9.17, 15) is 4.79 Å². The Bertz CT molecular complexity index is 730. The summed E-state index contributed by atoms with van der Waals surface area (Å²) in [6.45, 7) is 1.11. The number of amides is 1. The van der Waals surface area contributed by atoms with Crippen molar-refractivity contribution in [2.24, 2.45) is 0 Å². The average molecular weight is 351 g/mol. The molecule has 0 unspecified atom stereocenters. The van der Waals surface area contributed by atoms with E-state index in [0.717, 1.165) is 25.1 Å². The van der Waals surface area contributed by atoms with Crippen molar-refractivity contribution in [1.29, 1.82) is 0 Å². The first kappa shape index (κ1) is 17.1. The van der Waals surface area contributed by atoms with Crippen LogP contribution in [0.15, 0.2) is 54.6 Å². The zero-order chi connectivity index (χ0) is 17.9. The van der Waals surface area contributed by atoms with E-state index in [0.29, 0.717) is 23.7 Å². The van der Waals surface area contributed by atoms with Crippen molar-refractivity contribution in [2.75, 3.05) is 7.11 Å². The minimum absolute atomic E-state index is 0.0311. The van der Waals surface area contributed by atoms with Crippen LogP contribution < -0.4 is 15.0 Å². The van der Waals surface area contributed by atoms with Crippen LogP contribution in [-0.4, -0.2) is 31.1 Å². The maximum Gasteiger partial charge on any atom is 0.251 e. The molecule has 2 saturated heterocycles. The lowest BCUT2D eigenvalue weighted by atomic mass is 9.96. The molecule has 0 aliphatic carbocycles. The lowest BCUT2D eigenvalue weighted by Crippen LogP contribution is -3.17. The number of rotatable bonds is 5. The van der Waals surface area contributed by atoms with E-state index < -0.39 is 0 Å². The maximum absolute atomic E-state index is 12.6. The molecule has 2 aromatic carbocycles. The van der Waals surface area contributed by atoms with Gasteiger partial charge >= 0.3 is 0 Å². The summed E-state index contributed by atoms with van der Waals surface area (Å²) >= 11 is 0. The van der Waals surface area contributed by atoms with Crippen LogP contribution in [0.4, 0.5) is 0 Å². The number of methoxy groups -OCH3 is 1. The lowest BCUT2D eigenvalue weighted by molar-refractivity contribution is -0.954. The lowest BCUT2D eigenvalue weighted by Gasteiger charge is -2.36. The Morgan fingerprint density at radius 2 is 1.69 bits per heavy atom. The van der Waals surface area contributed by atoms with Crippen molar-refractivity contribution in [3.8, 4) is 5.75 Å². The molecular formula is C22H27N2O2+. The minimum Gasteiger partial charge on any atom is -0.497 e. The molecule has 2 atom stereocenters. The summed E-state index contributed by atoms with van der Waals surface area (Å²) in [5, 5.41) is 3.26. The van der Waals surface area contributed by atoms with Gasteiger partial charge in [0, 0.05) is 42.9 Å². The smallest absolute Gasteiger partial charge is 0.251 e. The number of carbonyl (C=O) groups is 1. The van der Waals surface area contributed by atoms with Crippen LogP contribution in [0.2, 0.25) is 0 Å². The van der Waals surface area contributed by atoms with Crippen LogP contribution in [0.3, 0.4) is 0 Å². The monoisotopic (exact) mass is 351 g/mol. The fourth-order valence-electron chi connectivity index (χ4n) is 4.68. The van der Waals surface area contributed by atoms with Crippen molar-refractivity contribution in [3.05, 3.63) is 65.7 Å². The Morgan fingerprint density at radius 3 is 2.31 bits per heavy atom. The summed E-state index contributed by atoms with van der Waals surface area (Å²) in [5.41, 5.74) is 2.12. The Kier molecular flexibility index (Phi) is 4.93. The van der Waals surface area contributed by atoms with Crippen LogP contribution in [0.5, 0.6) is 5.75 Å². The van der Waals surface area contributed by atoms with Crippen LogP contribution >= 0.6 is 0 Å². The van der Waals surface area contributed by atoms with Crippen molar-refractivity contribution in [1.82, 2.24) is 5.32 Å². The van der Waals surface area contributed by atoms with Gasteiger partial charge in [0.15, 0.2) is 0 Å². The second kappa shape index (κ2) is 7.50. The number of quaternary nitrogens is 1. The number of ether oxygens (including phenoxy) is 1. The predicted molar refractivity (Wildman–Crippen MR) is 101 cm³/mol. The summed E-state index contributed by atoms with van der Waals surface area (Å²) in [5.74, 6) is 0.806. The Balaban J connectivity index is 1.36. The first-order valence-electron chi connectivity index (χ1n) is 9.57. The molecule has 0 radical (unpaired) electrons. The molecule has 0 aromatic heterocycles. The third kappa shape index (κ3) is 3.61. The number of carbonyl (C=O) groups excluding carboxylic acids is 1. The molecule has 4 rings (SSSR count). The quantitative estimate of drug-likeness (QED) is 0.867. The van der Waals surface area contributed by atoms with E-state index in [-0.39, 0.29) is 5.91 Å². The average Bonchev–Trinajstić information content (AvgIpc) is 2.91. The molecule has 2 N–H and O–H groups in total. The fourth-order valence-corrected chi connectivity index (χ4v) is 4.68. The number of hydrogen-bond acceptors (Lipinski definition) is 2. The predicted octanol–water partition coefficient (Wildman–Crippen LogP) is 2.20. The molecule has 0 saturated carbocycles. The summed E-state index contributed by atoms with van der Waals surface area (Å²) < 4.78 is 5.16. The first-order chi connectivity index (χ1) is 12.7. The van der Waals surface area contributed by atoms with Gasteiger partial charge in [0.2, 0.25) is 0 Å². The van der Waals surface area contributed by atoms with E-state index in [4.69, 9.17) is 4.74 Å². The highest BCUT2D eigenvalue weighted by molar-refractivity contribution is 5.94. The number of hydrogen-bond donors (Lipinski definition) is 2. The van der Waals surface area contributed by atoms with Crippen molar-refractivity contribution >= 4 is 5.91 Å². The normalized spacial score (nSPS) is 27.1. The third-order valence-corrected chi connectivity index (χ3v) is 5.99. The summed E-state index contributed by atoms with van der Waals surface area (Å²) in [4.78, 5) is 14.3. The van der Waals surface area contributed by atoms with Gasteiger partial charge in [-0.15, -0.1) is 0 Å². The molecule has 2 aromatic rings. The van der Waals surface area contributed by atoms with Gasteiger partial charge in [0.05, 0.1) is 19.2 Å². The SMILES string of the molecule is COc1ccc(C(=O)NC2C[C@H]3CC[C@H](C2)[NH+]3Cc2ccccc2)cc1. The molecule has 2 bridgehead atoms. The van der Waals surface area contributed by atoms with Gasteiger partial charge in [-0.2, -0.15) is 0 Å². The van der Waals surface area contributed by atoms with E-state index in [1.807, 2.05) is 24.3 Å². The molecule has 4 heteroatoms. The highest BCUT2D eigenvalue weighted by Crippen LogP contribution is 2.24. The number of fused-ring (bicyclic) bond motifs is 2. The first-order valence-corrected chi connectivity index (χ1v) is 9.57. The zero-order valence-corrected chi connectivity index (χ0v) is 15.3. The van der Waals surface area contributed by atoms with Gasteiger partial charge in [-0.3, -0.25) is 4.79 Å². The second-order valence-corrected chi connectivity index (χ2v) is 7.58. The number of nitrogens with one attached hydrogen (secondary N) is 2. The maximum atomic E-state index is 12.6. The topological polar surface area (TPSA) is 42.8 Å². The second-order valence-electron chi connectivity index (χ2n) is 7.58. The molecule has 2 aliphatic heterocycles. The van der Waals surface area contributed by atoms with Crippen molar-refractivity contribution < 1.29 is 14.4 Å². The van der Waals surface area contributed by atoms with E-state index >= 15 is 0 Å². The van der Waals surface area contributed by atoms with Gasteiger partial charge in [0.1, 0.15) is 12.3 Å². The summed E-state index contributed by atoms with van der Waals surface area (Å²) in [6.07, 6.45) is 4.73. The van der Waals surface area contributed by atoms with Gasteiger partial charge < -0.3 is 15.0 Å². The molecule has 2 fully saturated rings. The van der Waals surface area contributed by atoms with Crippen molar-refractivity contribution in [2.45, 2.75) is 50.4 Å². The Labute approximate surface area is 155 Å². The fraction of sp³-hybridized carbons (Fsp3) is 0.409. The molecule has 0 spiro atoms. The zero-order valence-electron chi connectivity index (χ0n) is 15.3. The summed E-state index contributed by atoms with van der Waals surface area (Å²) in [6, 6.07) is 19.7. The van der Waals surface area contributed by atoms with Crippen LogP contribution in [-0.2, 0) is 6.54 Å². The van der Waals surface area contributed by atoms with Crippen molar-refractivity contribution in [3.63, 3.8) is 0 Å². The largest absolute Gasteiger partial charge is 0.497 e. The highest BCUT2D eigenvalue weighted by Gasteiger charge is 2.44. The molecule has 2 heterocycles. The highest BCUT2D eigenvalue weighted by atomic mass is 16.5. The molecule has 2 aliphatic rings. The molecule has 136 valence electrons. The molecule has 26 heavy (non-hydrogen) atoms. The third-order valence-electron chi connectivity index (χ3n) is 5.99. The van der Waals surface area contributed by atoms with Gasteiger partial charge in [-0.1, -0.05) is 30.3 Å². The number of piperidine rings is 1. The minimum atomic E-state index is 0.0311. The molecule has 4 nitrogen and oxygen atoms in total. The van der Waals surface area contributed by atoms with E-state index in [2.05, 4.69) is 35.6 Å². The Hall–Kier alpha value is -2.33.